The number of ether oxygens (including phenoxy) is 1. The van der Waals surface area contributed by atoms with E-state index in [1.807, 2.05) is 36.5 Å². The summed E-state index contributed by atoms with van der Waals surface area (Å²) in [6, 6.07) is 13.9. The van der Waals surface area contributed by atoms with E-state index in [1.54, 1.807) is 0 Å². The molecule has 0 bridgehead atoms. The molecule has 0 radical (unpaired) electrons. The second kappa shape index (κ2) is 6.79. The largest absolute Gasteiger partial charge is 0.493 e. The molecule has 2 heterocycles. The first-order valence-electron chi connectivity index (χ1n) is 7.90. The Morgan fingerprint density at radius 1 is 1.21 bits per heavy atom. The van der Waals surface area contributed by atoms with Crippen LogP contribution in [0.2, 0.25) is 0 Å². The molecule has 1 amide bonds. The van der Waals surface area contributed by atoms with Gasteiger partial charge in [-0.2, -0.15) is 0 Å². The third kappa shape index (κ3) is 3.00. The highest BCUT2D eigenvalue weighted by Crippen LogP contribution is 2.25. The highest BCUT2D eigenvalue weighted by molar-refractivity contribution is 5.94. The number of amides is 1. The first kappa shape index (κ1) is 16.1. The quantitative estimate of drug-likeness (QED) is 0.769. The molecule has 0 saturated carbocycles. The number of H-pyrrole nitrogens is 1. The molecule has 4 heteroatoms. The van der Waals surface area contributed by atoms with Gasteiger partial charge in [-0.1, -0.05) is 25.6 Å². The number of benzene rings is 2. The van der Waals surface area contributed by atoms with E-state index in [4.69, 9.17) is 4.74 Å². The number of hydrogen-bond acceptors (Lipinski definition) is 2. The molecule has 4 nitrogen and oxygen atoms in total. The normalized spacial score (nSPS) is 12.3. The lowest BCUT2D eigenvalue weighted by Crippen LogP contribution is -2.25. The maximum Gasteiger partial charge on any atom is 0.251 e. The fraction of sp³-hybridized carbons (Fsp3) is 0.250. The summed E-state index contributed by atoms with van der Waals surface area (Å²) in [5, 5.41) is 4.22. The Morgan fingerprint density at radius 3 is 3.00 bits per heavy atom. The van der Waals surface area contributed by atoms with Gasteiger partial charge in [-0.25, -0.2) is 0 Å². The van der Waals surface area contributed by atoms with Crippen molar-refractivity contribution in [3.8, 4) is 5.75 Å². The van der Waals surface area contributed by atoms with Gasteiger partial charge in [0, 0.05) is 35.6 Å². The fourth-order valence-corrected chi connectivity index (χ4v) is 3.08. The minimum Gasteiger partial charge on any atom is -0.493 e. The van der Waals surface area contributed by atoms with Crippen molar-refractivity contribution in [1.29, 1.82) is 0 Å². The zero-order valence-corrected chi connectivity index (χ0v) is 12.8. The Labute approximate surface area is 141 Å². The van der Waals surface area contributed by atoms with Crippen LogP contribution in [-0.4, -0.2) is 24.0 Å². The highest BCUT2D eigenvalue weighted by atomic mass is 16.5. The summed E-state index contributed by atoms with van der Waals surface area (Å²) in [5.41, 5.74) is 4.18. The Kier molecular flexibility index (Phi) is 4.56. The third-order valence-electron chi connectivity index (χ3n) is 4.31. The van der Waals surface area contributed by atoms with E-state index in [0.29, 0.717) is 18.7 Å². The average molecular weight is 322 g/mol. The van der Waals surface area contributed by atoms with E-state index in [2.05, 4.69) is 22.4 Å². The first-order chi connectivity index (χ1) is 11.3. The SMILES string of the molecule is C.O=C(NCCc1c[nH]c2ccccc12)c1ccc2c(c1)CCO2. The van der Waals surface area contributed by atoms with E-state index >= 15 is 0 Å². The number of fused-ring (bicyclic) bond motifs is 2. The summed E-state index contributed by atoms with van der Waals surface area (Å²) < 4.78 is 5.47. The van der Waals surface area contributed by atoms with Crippen LogP contribution in [-0.2, 0) is 12.8 Å². The predicted octanol–water partition coefficient (Wildman–Crippen LogP) is 3.71. The molecule has 0 atom stereocenters. The Hall–Kier alpha value is -2.75. The Balaban J connectivity index is 0.00000169. The molecule has 0 spiro atoms. The molecule has 1 aromatic heterocycles. The Bertz CT molecular complexity index is 867. The predicted molar refractivity (Wildman–Crippen MR) is 96.7 cm³/mol. The van der Waals surface area contributed by atoms with Crippen molar-refractivity contribution in [3.05, 3.63) is 65.4 Å². The average Bonchev–Trinajstić information content (AvgIpc) is 3.21. The number of carbonyl (C=O) groups is 1. The minimum atomic E-state index is -0.0282. The van der Waals surface area contributed by atoms with Crippen molar-refractivity contribution in [2.24, 2.45) is 0 Å². The zero-order chi connectivity index (χ0) is 15.6. The minimum absolute atomic E-state index is 0. The molecule has 4 rings (SSSR count). The monoisotopic (exact) mass is 322 g/mol. The van der Waals surface area contributed by atoms with Gasteiger partial charge in [0.1, 0.15) is 5.75 Å². The van der Waals surface area contributed by atoms with Crippen LogP contribution in [0.15, 0.2) is 48.7 Å². The van der Waals surface area contributed by atoms with Gasteiger partial charge in [0.25, 0.3) is 5.91 Å². The summed E-state index contributed by atoms with van der Waals surface area (Å²) in [6.45, 7) is 1.33. The first-order valence-corrected chi connectivity index (χ1v) is 7.90. The molecule has 3 aromatic rings. The van der Waals surface area contributed by atoms with Crippen LogP contribution in [0.4, 0.5) is 0 Å². The molecular formula is C20H22N2O2. The van der Waals surface area contributed by atoms with Gasteiger partial charge in [0.2, 0.25) is 0 Å². The summed E-state index contributed by atoms with van der Waals surface area (Å²) >= 11 is 0. The Morgan fingerprint density at radius 2 is 2.08 bits per heavy atom. The van der Waals surface area contributed by atoms with Crippen LogP contribution in [0.3, 0.4) is 0 Å². The van der Waals surface area contributed by atoms with Gasteiger partial charge in [-0.05, 0) is 41.8 Å². The number of aromatic nitrogens is 1. The van der Waals surface area contributed by atoms with Gasteiger partial charge in [-0.15, -0.1) is 0 Å². The van der Waals surface area contributed by atoms with Crippen LogP contribution in [0, 0.1) is 0 Å². The maximum atomic E-state index is 12.3. The number of aromatic amines is 1. The molecule has 1 aliphatic rings. The number of hydrogen-bond donors (Lipinski definition) is 2. The summed E-state index contributed by atoms with van der Waals surface area (Å²) in [4.78, 5) is 15.5. The van der Waals surface area contributed by atoms with Crippen molar-refractivity contribution < 1.29 is 9.53 Å². The van der Waals surface area contributed by atoms with E-state index in [1.165, 1.54) is 10.9 Å². The van der Waals surface area contributed by atoms with Crippen molar-refractivity contribution >= 4 is 16.8 Å². The lowest BCUT2D eigenvalue weighted by Gasteiger charge is -2.06. The van der Waals surface area contributed by atoms with Crippen molar-refractivity contribution in [2.75, 3.05) is 13.2 Å². The van der Waals surface area contributed by atoms with E-state index in [-0.39, 0.29) is 13.3 Å². The summed E-state index contributed by atoms with van der Waals surface area (Å²) in [6.07, 6.45) is 3.71. The molecule has 0 unspecified atom stereocenters. The number of nitrogens with one attached hydrogen (secondary N) is 2. The van der Waals surface area contributed by atoms with E-state index in [9.17, 15) is 4.79 Å². The summed E-state index contributed by atoms with van der Waals surface area (Å²) in [5.74, 6) is 0.875. The fourth-order valence-electron chi connectivity index (χ4n) is 3.08. The summed E-state index contributed by atoms with van der Waals surface area (Å²) in [7, 11) is 0. The second-order valence-electron chi connectivity index (χ2n) is 5.79. The van der Waals surface area contributed by atoms with Crippen LogP contribution >= 0.6 is 0 Å². The van der Waals surface area contributed by atoms with Crippen LogP contribution < -0.4 is 10.1 Å². The number of rotatable bonds is 4. The topological polar surface area (TPSA) is 54.1 Å². The second-order valence-corrected chi connectivity index (χ2v) is 5.79. The van der Waals surface area contributed by atoms with Crippen molar-refractivity contribution in [3.63, 3.8) is 0 Å². The lowest BCUT2D eigenvalue weighted by atomic mass is 10.1. The molecule has 24 heavy (non-hydrogen) atoms. The van der Waals surface area contributed by atoms with Crippen LogP contribution in [0.25, 0.3) is 10.9 Å². The van der Waals surface area contributed by atoms with Crippen molar-refractivity contribution in [1.82, 2.24) is 10.3 Å². The number of para-hydroxylation sites is 1. The van der Waals surface area contributed by atoms with Crippen LogP contribution in [0.1, 0.15) is 28.9 Å². The number of carbonyl (C=O) groups excluding carboxylic acids is 1. The van der Waals surface area contributed by atoms with E-state index < -0.39 is 0 Å². The van der Waals surface area contributed by atoms with Gasteiger partial charge < -0.3 is 15.0 Å². The molecular weight excluding hydrogens is 300 g/mol. The van der Waals surface area contributed by atoms with Crippen LogP contribution in [0.5, 0.6) is 5.75 Å². The lowest BCUT2D eigenvalue weighted by molar-refractivity contribution is 0.0954. The molecule has 2 N–H and O–H groups in total. The molecule has 2 aromatic carbocycles. The third-order valence-corrected chi connectivity index (χ3v) is 4.31. The standard InChI is InChI=1S/C19H18N2O2.CH4/c22-19(14-5-6-18-13(11-14)8-10-23-18)20-9-7-15-12-21-17-4-2-1-3-16(15)17;/h1-6,11-12,21H,7-10H2,(H,20,22);1H4. The van der Waals surface area contributed by atoms with Gasteiger partial charge in [0.05, 0.1) is 6.61 Å². The van der Waals surface area contributed by atoms with Gasteiger partial charge in [0.15, 0.2) is 0 Å². The molecule has 124 valence electrons. The smallest absolute Gasteiger partial charge is 0.251 e. The molecule has 0 aliphatic carbocycles. The molecule has 0 fully saturated rings. The maximum absolute atomic E-state index is 12.3. The highest BCUT2D eigenvalue weighted by Gasteiger charge is 2.14. The van der Waals surface area contributed by atoms with Gasteiger partial charge in [-0.3, -0.25) is 4.79 Å². The van der Waals surface area contributed by atoms with E-state index in [0.717, 1.165) is 29.7 Å². The zero-order valence-electron chi connectivity index (χ0n) is 12.8. The molecule has 1 aliphatic heterocycles. The van der Waals surface area contributed by atoms with Crippen molar-refractivity contribution in [2.45, 2.75) is 20.3 Å². The van der Waals surface area contributed by atoms with Gasteiger partial charge >= 0.3 is 0 Å². The molecule has 0 saturated heterocycles.